The molecule has 4 nitrogen and oxygen atoms in total. The van der Waals surface area contributed by atoms with Crippen LogP contribution in [0.1, 0.15) is 27.3 Å². The van der Waals surface area contributed by atoms with Gasteiger partial charge in [-0.25, -0.2) is 0 Å². The van der Waals surface area contributed by atoms with E-state index < -0.39 is 0 Å². The van der Waals surface area contributed by atoms with Crippen molar-refractivity contribution >= 4 is 11.6 Å². The maximum Gasteiger partial charge on any atom is 0.272 e. The molecule has 23 heavy (non-hydrogen) atoms. The molecule has 0 atom stereocenters. The number of rotatable bonds is 3. The topological polar surface area (TPSA) is 46.9 Å². The molecule has 0 saturated carbocycles. The predicted molar refractivity (Wildman–Crippen MR) is 92.2 cm³/mol. The van der Waals surface area contributed by atoms with Crippen molar-refractivity contribution in [2.75, 3.05) is 5.32 Å². The van der Waals surface area contributed by atoms with Gasteiger partial charge in [0.1, 0.15) is 5.69 Å². The van der Waals surface area contributed by atoms with E-state index in [4.69, 9.17) is 0 Å². The molecule has 0 spiro atoms. The van der Waals surface area contributed by atoms with E-state index in [0.717, 1.165) is 28.2 Å². The molecule has 3 aromatic rings. The average Bonchev–Trinajstić information content (AvgIpc) is 3.01. The van der Waals surface area contributed by atoms with Gasteiger partial charge in [0.2, 0.25) is 0 Å². The van der Waals surface area contributed by atoms with Crippen molar-refractivity contribution in [3.63, 3.8) is 0 Å². The van der Waals surface area contributed by atoms with Gasteiger partial charge in [-0.3, -0.25) is 9.78 Å². The second kappa shape index (κ2) is 6.08. The number of hydrogen-bond acceptors (Lipinski definition) is 2. The van der Waals surface area contributed by atoms with Crippen LogP contribution in [0, 0.1) is 20.8 Å². The summed E-state index contributed by atoms with van der Waals surface area (Å²) in [5.41, 5.74) is 5.34. The molecule has 0 unspecified atom stereocenters. The van der Waals surface area contributed by atoms with Crippen molar-refractivity contribution in [3.8, 4) is 5.69 Å². The molecule has 0 aliphatic heterocycles. The van der Waals surface area contributed by atoms with E-state index in [9.17, 15) is 4.79 Å². The first-order valence-electron chi connectivity index (χ1n) is 7.55. The van der Waals surface area contributed by atoms with Crippen LogP contribution in [0.4, 0.5) is 5.69 Å². The van der Waals surface area contributed by atoms with Gasteiger partial charge in [0.05, 0.1) is 11.4 Å². The molecule has 0 aliphatic carbocycles. The zero-order chi connectivity index (χ0) is 16.4. The van der Waals surface area contributed by atoms with Crippen LogP contribution in [0.3, 0.4) is 0 Å². The summed E-state index contributed by atoms with van der Waals surface area (Å²) in [7, 11) is 0. The molecule has 1 amide bonds. The van der Waals surface area contributed by atoms with Crippen LogP contribution < -0.4 is 5.32 Å². The smallest absolute Gasteiger partial charge is 0.272 e. The van der Waals surface area contributed by atoms with Crippen LogP contribution >= 0.6 is 0 Å². The quantitative estimate of drug-likeness (QED) is 0.793. The lowest BCUT2D eigenvalue weighted by atomic mass is 10.1. The molecule has 0 saturated heterocycles. The van der Waals surface area contributed by atoms with E-state index >= 15 is 0 Å². The fourth-order valence-corrected chi connectivity index (χ4v) is 2.70. The SMILES string of the molecule is Cc1cccc(C)c1NC(=O)c1cccn1-c1cccnc1C. The molecule has 1 aromatic carbocycles. The third kappa shape index (κ3) is 2.88. The highest BCUT2D eigenvalue weighted by molar-refractivity contribution is 6.04. The Kier molecular flexibility index (Phi) is 3.98. The highest BCUT2D eigenvalue weighted by Gasteiger charge is 2.15. The third-order valence-electron chi connectivity index (χ3n) is 3.94. The summed E-state index contributed by atoms with van der Waals surface area (Å²) >= 11 is 0. The lowest BCUT2D eigenvalue weighted by Crippen LogP contribution is -2.17. The zero-order valence-electron chi connectivity index (χ0n) is 13.5. The van der Waals surface area contributed by atoms with Crippen LogP contribution in [0.25, 0.3) is 5.69 Å². The Morgan fingerprint density at radius 3 is 2.43 bits per heavy atom. The monoisotopic (exact) mass is 305 g/mol. The van der Waals surface area contributed by atoms with E-state index in [1.165, 1.54) is 0 Å². The minimum atomic E-state index is -0.129. The first-order valence-corrected chi connectivity index (χ1v) is 7.55. The van der Waals surface area contributed by atoms with Gasteiger partial charge in [-0.05, 0) is 56.2 Å². The molecule has 0 radical (unpaired) electrons. The summed E-state index contributed by atoms with van der Waals surface area (Å²) in [6.45, 7) is 5.92. The Balaban J connectivity index is 1.96. The Morgan fingerprint density at radius 2 is 1.74 bits per heavy atom. The number of benzene rings is 1. The Bertz CT molecular complexity index is 844. The lowest BCUT2D eigenvalue weighted by molar-refractivity contribution is 0.102. The summed E-state index contributed by atoms with van der Waals surface area (Å²) in [5.74, 6) is -0.129. The number of pyridine rings is 1. The number of para-hydroxylation sites is 1. The molecule has 4 heteroatoms. The zero-order valence-corrected chi connectivity index (χ0v) is 13.5. The molecule has 0 bridgehead atoms. The van der Waals surface area contributed by atoms with E-state index in [0.29, 0.717) is 5.69 Å². The molecular formula is C19H19N3O. The average molecular weight is 305 g/mol. The largest absolute Gasteiger partial charge is 0.320 e. The summed E-state index contributed by atoms with van der Waals surface area (Å²) < 4.78 is 1.87. The first-order chi connectivity index (χ1) is 11.1. The third-order valence-corrected chi connectivity index (χ3v) is 3.94. The molecule has 0 aliphatic rings. The highest BCUT2D eigenvalue weighted by atomic mass is 16.1. The molecule has 3 rings (SSSR count). The van der Waals surface area contributed by atoms with E-state index in [1.54, 1.807) is 6.20 Å². The highest BCUT2D eigenvalue weighted by Crippen LogP contribution is 2.21. The lowest BCUT2D eigenvalue weighted by Gasteiger charge is -2.14. The summed E-state index contributed by atoms with van der Waals surface area (Å²) in [5, 5.41) is 3.03. The predicted octanol–water partition coefficient (Wildman–Crippen LogP) is 4.05. The molecule has 116 valence electrons. The van der Waals surface area contributed by atoms with Crippen molar-refractivity contribution in [2.24, 2.45) is 0 Å². The molecule has 1 N–H and O–H groups in total. The number of nitrogens with zero attached hydrogens (tertiary/aromatic N) is 2. The van der Waals surface area contributed by atoms with E-state index in [-0.39, 0.29) is 5.91 Å². The van der Waals surface area contributed by atoms with Gasteiger partial charge in [-0.2, -0.15) is 0 Å². The minimum Gasteiger partial charge on any atom is -0.320 e. The van der Waals surface area contributed by atoms with Gasteiger partial charge in [-0.15, -0.1) is 0 Å². The first kappa shape index (κ1) is 15.0. The second-order valence-corrected chi connectivity index (χ2v) is 5.59. The number of anilines is 1. The van der Waals surface area contributed by atoms with Crippen LogP contribution in [-0.4, -0.2) is 15.5 Å². The van der Waals surface area contributed by atoms with Crippen molar-refractivity contribution < 1.29 is 4.79 Å². The van der Waals surface area contributed by atoms with Gasteiger partial charge in [-0.1, -0.05) is 18.2 Å². The number of aromatic nitrogens is 2. The Labute approximate surface area is 135 Å². The van der Waals surface area contributed by atoms with E-state index in [1.807, 2.05) is 74.0 Å². The van der Waals surface area contributed by atoms with Gasteiger partial charge in [0.25, 0.3) is 5.91 Å². The van der Waals surface area contributed by atoms with E-state index in [2.05, 4.69) is 10.3 Å². The number of carbonyl (C=O) groups excluding carboxylic acids is 1. The minimum absolute atomic E-state index is 0.129. The summed E-state index contributed by atoms with van der Waals surface area (Å²) in [6.07, 6.45) is 3.63. The standard InChI is InChI=1S/C19H19N3O/c1-13-7-4-8-14(2)18(13)21-19(23)17-10-6-12-22(17)16-9-5-11-20-15(16)3/h4-12H,1-3H3,(H,21,23). The van der Waals surface area contributed by atoms with Gasteiger partial charge < -0.3 is 9.88 Å². The van der Waals surface area contributed by atoms with Crippen molar-refractivity contribution in [3.05, 3.63) is 77.4 Å². The molecule has 2 aromatic heterocycles. The van der Waals surface area contributed by atoms with Crippen LogP contribution in [-0.2, 0) is 0 Å². The van der Waals surface area contributed by atoms with Gasteiger partial charge in [0, 0.05) is 18.1 Å². The number of aryl methyl sites for hydroxylation is 3. The maximum atomic E-state index is 12.7. The summed E-state index contributed by atoms with van der Waals surface area (Å²) in [4.78, 5) is 17.0. The molecule has 0 fully saturated rings. The van der Waals surface area contributed by atoms with Gasteiger partial charge >= 0.3 is 0 Å². The fraction of sp³-hybridized carbons (Fsp3) is 0.158. The molecule has 2 heterocycles. The Hall–Kier alpha value is -2.88. The normalized spacial score (nSPS) is 10.6. The van der Waals surface area contributed by atoms with Crippen LogP contribution in [0.15, 0.2) is 54.9 Å². The fourth-order valence-electron chi connectivity index (χ4n) is 2.70. The van der Waals surface area contributed by atoms with Crippen LogP contribution in [0.5, 0.6) is 0 Å². The number of carbonyl (C=O) groups is 1. The number of hydrogen-bond donors (Lipinski definition) is 1. The second-order valence-electron chi connectivity index (χ2n) is 5.59. The molecular weight excluding hydrogens is 286 g/mol. The van der Waals surface area contributed by atoms with Crippen molar-refractivity contribution in [1.29, 1.82) is 0 Å². The maximum absolute atomic E-state index is 12.7. The van der Waals surface area contributed by atoms with Crippen molar-refractivity contribution in [2.45, 2.75) is 20.8 Å². The number of nitrogens with one attached hydrogen (secondary N) is 1. The van der Waals surface area contributed by atoms with Crippen LogP contribution in [0.2, 0.25) is 0 Å². The Morgan fingerprint density at radius 1 is 1.00 bits per heavy atom. The number of amides is 1. The van der Waals surface area contributed by atoms with Gasteiger partial charge in [0.15, 0.2) is 0 Å². The van der Waals surface area contributed by atoms with Crippen molar-refractivity contribution in [1.82, 2.24) is 9.55 Å². The summed E-state index contributed by atoms with van der Waals surface area (Å²) in [6, 6.07) is 13.5.